The zero-order valence-corrected chi connectivity index (χ0v) is 15.3. The number of amides is 2. The molecule has 0 aliphatic rings. The van der Waals surface area contributed by atoms with Crippen molar-refractivity contribution in [3.8, 4) is 11.8 Å². The van der Waals surface area contributed by atoms with Gasteiger partial charge in [0.1, 0.15) is 17.4 Å². The van der Waals surface area contributed by atoms with Crippen LogP contribution in [0.5, 0.6) is 5.75 Å². The Labute approximate surface area is 159 Å². The fourth-order valence-corrected chi connectivity index (χ4v) is 2.47. The zero-order chi connectivity index (χ0) is 18.9. The number of nitrogens with one attached hydrogen (secondary N) is 1. The van der Waals surface area contributed by atoms with Crippen LogP contribution in [0.2, 0.25) is 0 Å². The molecule has 3 N–H and O–H groups in total. The number of rotatable bonds is 7. The van der Waals surface area contributed by atoms with Gasteiger partial charge in [0.05, 0.1) is 0 Å². The number of hydrogen-bond donors (Lipinski definition) is 2. The third-order valence-electron chi connectivity index (χ3n) is 3.30. The maximum Gasteiger partial charge on any atom is 0.262 e. The first-order valence-electron chi connectivity index (χ1n) is 7.64. The second-order valence-corrected chi connectivity index (χ2v) is 6.19. The Kier molecular flexibility index (Phi) is 6.94. The summed E-state index contributed by atoms with van der Waals surface area (Å²) in [7, 11) is 0. The molecule has 0 unspecified atom stereocenters. The molecule has 0 bridgehead atoms. The molecule has 0 aromatic heterocycles. The molecule has 0 aliphatic heterocycles. The Hall–Kier alpha value is -3.11. The number of carbonyl (C=O) groups excluding carboxylic acids is 2. The summed E-state index contributed by atoms with van der Waals surface area (Å²) in [5.74, 6) is -0.781. The normalized spacial score (nSPS) is 10.7. The van der Waals surface area contributed by atoms with Gasteiger partial charge in [-0.2, -0.15) is 5.26 Å². The van der Waals surface area contributed by atoms with E-state index in [4.69, 9.17) is 10.5 Å². The van der Waals surface area contributed by atoms with Crippen LogP contribution in [0.3, 0.4) is 0 Å². The maximum atomic E-state index is 12.3. The fraction of sp³-hybridized carbons (Fsp3) is 0.105. The molecule has 6 nitrogen and oxygen atoms in total. The summed E-state index contributed by atoms with van der Waals surface area (Å²) >= 11 is 3.33. The van der Waals surface area contributed by atoms with Crippen molar-refractivity contribution in [2.24, 2.45) is 5.73 Å². The quantitative estimate of drug-likeness (QED) is 0.537. The first-order chi connectivity index (χ1) is 12.5. The Balaban J connectivity index is 2.19. The maximum absolute atomic E-state index is 12.3. The molecule has 0 heterocycles. The van der Waals surface area contributed by atoms with Crippen molar-refractivity contribution in [2.75, 3.05) is 6.61 Å². The minimum atomic E-state index is -0.621. The molecule has 0 radical (unpaired) electrons. The highest BCUT2D eigenvalue weighted by Crippen LogP contribution is 2.25. The van der Waals surface area contributed by atoms with Crippen molar-refractivity contribution in [1.82, 2.24) is 5.32 Å². The van der Waals surface area contributed by atoms with Crippen molar-refractivity contribution in [3.05, 3.63) is 69.7 Å². The van der Waals surface area contributed by atoms with Crippen LogP contribution >= 0.6 is 15.9 Å². The number of primary amides is 1. The van der Waals surface area contributed by atoms with Crippen LogP contribution in [0.1, 0.15) is 11.1 Å². The predicted octanol–water partition coefficient (Wildman–Crippen LogP) is 2.54. The van der Waals surface area contributed by atoms with E-state index in [-0.39, 0.29) is 12.2 Å². The number of nitriles is 1. The molecular weight excluding hydrogens is 398 g/mol. The molecular formula is C19H16BrN3O3. The van der Waals surface area contributed by atoms with E-state index in [1.807, 2.05) is 36.4 Å². The standard InChI is InChI=1S/C19H16BrN3O3/c20-16-6-7-17(26-12-18(22)24)14(9-16)8-15(10-21)19(25)23-11-13-4-2-1-3-5-13/h1-9H,11-12H2,(H2,22,24)(H,23,25)/b15-8+. The van der Waals surface area contributed by atoms with Gasteiger partial charge in [-0.15, -0.1) is 0 Å². The summed E-state index contributed by atoms with van der Waals surface area (Å²) in [6.07, 6.45) is 1.40. The van der Waals surface area contributed by atoms with Crippen LogP contribution in [-0.4, -0.2) is 18.4 Å². The van der Waals surface area contributed by atoms with E-state index in [9.17, 15) is 14.9 Å². The van der Waals surface area contributed by atoms with E-state index in [1.54, 1.807) is 18.2 Å². The van der Waals surface area contributed by atoms with Crippen molar-refractivity contribution in [2.45, 2.75) is 6.54 Å². The number of benzene rings is 2. The molecule has 0 atom stereocenters. The third kappa shape index (κ3) is 5.76. The second kappa shape index (κ2) is 9.39. The number of ether oxygens (including phenoxy) is 1. The lowest BCUT2D eigenvalue weighted by Crippen LogP contribution is -2.24. The molecule has 26 heavy (non-hydrogen) atoms. The summed E-state index contributed by atoms with van der Waals surface area (Å²) in [5, 5.41) is 12.0. The number of carbonyl (C=O) groups is 2. The molecule has 0 aliphatic carbocycles. The average molecular weight is 414 g/mol. The fourth-order valence-electron chi connectivity index (χ4n) is 2.09. The van der Waals surface area contributed by atoms with E-state index in [2.05, 4.69) is 21.2 Å². The Bertz CT molecular complexity index is 873. The zero-order valence-electron chi connectivity index (χ0n) is 13.7. The monoisotopic (exact) mass is 413 g/mol. The van der Waals surface area contributed by atoms with Gasteiger partial charge in [-0.25, -0.2) is 0 Å². The van der Waals surface area contributed by atoms with Crippen LogP contribution in [0.25, 0.3) is 6.08 Å². The van der Waals surface area contributed by atoms with Crippen LogP contribution in [0.15, 0.2) is 58.6 Å². The minimum Gasteiger partial charge on any atom is -0.483 e. The van der Waals surface area contributed by atoms with Gasteiger partial charge in [-0.05, 0) is 29.8 Å². The lowest BCUT2D eigenvalue weighted by Gasteiger charge is -2.09. The van der Waals surface area contributed by atoms with Gasteiger partial charge < -0.3 is 15.8 Å². The SMILES string of the molecule is N#C/C(=C\c1cc(Br)ccc1OCC(N)=O)C(=O)NCc1ccccc1. The highest BCUT2D eigenvalue weighted by Gasteiger charge is 2.12. The third-order valence-corrected chi connectivity index (χ3v) is 3.80. The number of halogens is 1. The van der Waals surface area contributed by atoms with E-state index >= 15 is 0 Å². The van der Waals surface area contributed by atoms with Gasteiger partial charge in [0.2, 0.25) is 0 Å². The molecule has 2 amide bonds. The smallest absolute Gasteiger partial charge is 0.262 e. The van der Waals surface area contributed by atoms with E-state index in [1.165, 1.54) is 6.08 Å². The largest absolute Gasteiger partial charge is 0.483 e. The number of nitrogens with two attached hydrogens (primary N) is 1. The van der Waals surface area contributed by atoms with Crippen molar-refractivity contribution in [1.29, 1.82) is 5.26 Å². The molecule has 132 valence electrons. The Morgan fingerprint density at radius 2 is 1.96 bits per heavy atom. The highest BCUT2D eigenvalue weighted by atomic mass is 79.9. The van der Waals surface area contributed by atoms with E-state index in [0.717, 1.165) is 10.0 Å². The number of hydrogen-bond acceptors (Lipinski definition) is 4. The molecule has 0 fully saturated rings. The van der Waals surface area contributed by atoms with Crippen LogP contribution in [-0.2, 0) is 16.1 Å². The topological polar surface area (TPSA) is 105 Å². The summed E-state index contributed by atoms with van der Waals surface area (Å²) in [4.78, 5) is 23.2. The number of nitrogens with zero attached hydrogens (tertiary/aromatic N) is 1. The highest BCUT2D eigenvalue weighted by molar-refractivity contribution is 9.10. The van der Waals surface area contributed by atoms with E-state index < -0.39 is 11.8 Å². The molecule has 0 spiro atoms. The lowest BCUT2D eigenvalue weighted by molar-refractivity contribution is -0.120. The summed E-state index contributed by atoms with van der Waals surface area (Å²) in [6.45, 7) is 0.00672. The van der Waals surface area contributed by atoms with Crippen LogP contribution < -0.4 is 15.8 Å². The second-order valence-electron chi connectivity index (χ2n) is 5.28. The lowest BCUT2D eigenvalue weighted by atomic mass is 10.1. The Morgan fingerprint density at radius 3 is 2.62 bits per heavy atom. The molecule has 2 rings (SSSR count). The first-order valence-corrected chi connectivity index (χ1v) is 8.43. The molecule has 2 aromatic carbocycles. The van der Waals surface area contributed by atoms with Gasteiger partial charge in [0.15, 0.2) is 6.61 Å². The summed E-state index contributed by atoms with van der Waals surface area (Å²) in [5.41, 5.74) is 6.41. The first kappa shape index (κ1) is 19.2. The summed E-state index contributed by atoms with van der Waals surface area (Å²) in [6, 6.07) is 16.3. The Morgan fingerprint density at radius 1 is 1.23 bits per heavy atom. The minimum absolute atomic E-state index is 0.0806. The van der Waals surface area contributed by atoms with E-state index in [0.29, 0.717) is 17.9 Å². The van der Waals surface area contributed by atoms with Crippen molar-refractivity contribution < 1.29 is 14.3 Å². The summed E-state index contributed by atoms with van der Waals surface area (Å²) < 4.78 is 6.06. The van der Waals surface area contributed by atoms with Crippen LogP contribution in [0.4, 0.5) is 0 Å². The van der Waals surface area contributed by atoms with Gasteiger partial charge in [-0.1, -0.05) is 46.3 Å². The van der Waals surface area contributed by atoms with Gasteiger partial charge >= 0.3 is 0 Å². The molecule has 0 saturated carbocycles. The average Bonchev–Trinajstić information content (AvgIpc) is 2.64. The predicted molar refractivity (Wildman–Crippen MR) is 101 cm³/mol. The van der Waals surface area contributed by atoms with Crippen molar-refractivity contribution >= 4 is 33.8 Å². The molecule has 7 heteroatoms. The van der Waals surface area contributed by atoms with Gasteiger partial charge in [0, 0.05) is 16.6 Å². The van der Waals surface area contributed by atoms with Gasteiger partial charge in [-0.3, -0.25) is 9.59 Å². The van der Waals surface area contributed by atoms with Crippen molar-refractivity contribution in [3.63, 3.8) is 0 Å². The molecule has 2 aromatic rings. The van der Waals surface area contributed by atoms with Gasteiger partial charge in [0.25, 0.3) is 11.8 Å². The van der Waals surface area contributed by atoms with Crippen LogP contribution in [0, 0.1) is 11.3 Å². The molecule has 0 saturated heterocycles.